The number of hydrogen-bond acceptors (Lipinski definition) is 6. The minimum atomic E-state index is -0.193. The summed E-state index contributed by atoms with van der Waals surface area (Å²) in [7, 11) is 1.97. The number of pyridine rings is 1. The molecule has 1 aliphatic heterocycles. The van der Waals surface area contributed by atoms with Crippen LogP contribution in [0.25, 0.3) is 11.0 Å². The van der Waals surface area contributed by atoms with Crippen LogP contribution in [0.15, 0.2) is 65.3 Å². The summed E-state index contributed by atoms with van der Waals surface area (Å²) in [6, 6.07) is 17.1. The lowest BCUT2D eigenvalue weighted by Crippen LogP contribution is -2.37. The number of ether oxygens (including phenoxy) is 1. The first-order chi connectivity index (χ1) is 17.5. The van der Waals surface area contributed by atoms with Gasteiger partial charge in [0.2, 0.25) is 5.95 Å². The van der Waals surface area contributed by atoms with Crippen LogP contribution in [-0.2, 0) is 7.05 Å². The van der Waals surface area contributed by atoms with Crippen molar-refractivity contribution < 1.29 is 9.53 Å². The third-order valence-corrected chi connectivity index (χ3v) is 6.84. The van der Waals surface area contributed by atoms with E-state index < -0.39 is 0 Å². The van der Waals surface area contributed by atoms with E-state index in [1.54, 1.807) is 18.3 Å². The minimum absolute atomic E-state index is 0.193. The molecule has 186 valence electrons. The van der Waals surface area contributed by atoms with Crippen LogP contribution in [0.1, 0.15) is 29.8 Å². The molecular formula is C27H29BrN6O2. The average Bonchev–Trinajstić information content (AvgIpc) is 3.20. The van der Waals surface area contributed by atoms with E-state index >= 15 is 0 Å². The first kappa shape index (κ1) is 24.3. The fraction of sp³-hybridized carbons (Fsp3) is 0.296. The second-order valence-corrected chi connectivity index (χ2v) is 9.83. The molecule has 5 rings (SSSR count). The molecule has 0 aliphatic carbocycles. The molecule has 1 amide bonds. The van der Waals surface area contributed by atoms with E-state index in [1.807, 2.05) is 54.1 Å². The number of halogens is 1. The van der Waals surface area contributed by atoms with Gasteiger partial charge in [-0.15, -0.1) is 0 Å². The molecule has 0 unspecified atom stereocenters. The van der Waals surface area contributed by atoms with Crippen molar-refractivity contribution in [3.05, 3.63) is 71.0 Å². The summed E-state index contributed by atoms with van der Waals surface area (Å²) in [5.74, 6) is 1.73. The van der Waals surface area contributed by atoms with Gasteiger partial charge in [0.1, 0.15) is 17.2 Å². The number of anilines is 2. The zero-order valence-electron chi connectivity index (χ0n) is 20.2. The third kappa shape index (κ3) is 5.85. The lowest BCUT2D eigenvalue weighted by atomic mass is 10.1. The largest absolute Gasteiger partial charge is 0.457 e. The molecule has 4 aromatic rings. The predicted molar refractivity (Wildman–Crippen MR) is 145 cm³/mol. The molecular weight excluding hydrogens is 520 g/mol. The topological polar surface area (TPSA) is 84.3 Å². The van der Waals surface area contributed by atoms with Crippen LogP contribution >= 0.6 is 15.9 Å². The van der Waals surface area contributed by atoms with E-state index in [0.29, 0.717) is 23.7 Å². The van der Waals surface area contributed by atoms with E-state index in [0.717, 1.165) is 46.8 Å². The van der Waals surface area contributed by atoms with E-state index in [4.69, 9.17) is 9.72 Å². The predicted octanol–water partition coefficient (Wildman–Crippen LogP) is 5.48. The van der Waals surface area contributed by atoms with Gasteiger partial charge in [0.05, 0.1) is 11.0 Å². The smallest absolute Gasteiger partial charge is 0.270 e. The number of imidazole rings is 1. The molecule has 2 N–H and O–H groups in total. The van der Waals surface area contributed by atoms with Gasteiger partial charge in [-0.3, -0.25) is 9.78 Å². The van der Waals surface area contributed by atoms with Crippen molar-refractivity contribution in [2.75, 3.05) is 31.5 Å². The summed E-state index contributed by atoms with van der Waals surface area (Å²) in [5, 5.41) is 6.32. The van der Waals surface area contributed by atoms with E-state index in [9.17, 15) is 4.79 Å². The number of likely N-dealkylation sites (tertiary alicyclic amines) is 1. The first-order valence-corrected chi connectivity index (χ1v) is 13.0. The Morgan fingerprint density at radius 1 is 1.03 bits per heavy atom. The molecule has 36 heavy (non-hydrogen) atoms. The van der Waals surface area contributed by atoms with Crippen LogP contribution in [0.3, 0.4) is 0 Å². The summed E-state index contributed by atoms with van der Waals surface area (Å²) in [6.07, 6.45) is 5.37. The number of nitrogens with zero attached hydrogens (tertiary/aromatic N) is 4. The van der Waals surface area contributed by atoms with E-state index in [-0.39, 0.29) is 5.91 Å². The SMILES string of the molecule is Cn1c(Nc2ccc(Br)cc2)nc2cc(Oc3ccnc(C(=O)NCCN4CCCCC4)c3)ccc21. The van der Waals surface area contributed by atoms with Crippen molar-refractivity contribution >= 4 is 44.5 Å². The van der Waals surface area contributed by atoms with Crippen molar-refractivity contribution in [3.63, 3.8) is 0 Å². The molecule has 0 saturated carbocycles. The quantitative estimate of drug-likeness (QED) is 0.303. The van der Waals surface area contributed by atoms with Crippen LogP contribution in [0.4, 0.5) is 11.6 Å². The van der Waals surface area contributed by atoms with Gasteiger partial charge in [-0.2, -0.15) is 0 Å². The van der Waals surface area contributed by atoms with Gasteiger partial charge in [-0.1, -0.05) is 22.4 Å². The molecule has 9 heteroatoms. The molecule has 1 aliphatic rings. The van der Waals surface area contributed by atoms with Crippen molar-refractivity contribution in [2.45, 2.75) is 19.3 Å². The summed E-state index contributed by atoms with van der Waals surface area (Å²) < 4.78 is 9.08. The van der Waals surface area contributed by atoms with Crippen molar-refractivity contribution in [1.29, 1.82) is 0 Å². The maximum absolute atomic E-state index is 12.6. The normalized spacial score (nSPS) is 14.1. The summed E-state index contributed by atoms with van der Waals surface area (Å²) >= 11 is 3.46. The summed E-state index contributed by atoms with van der Waals surface area (Å²) in [4.78, 5) is 24.0. The Morgan fingerprint density at radius 2 is 1.81 bits per heavy atom. The minimum Gasteiger partial charge on any atom is -0.457 e. The van der Waals surface area contributed by atoms with Crippen molar-refractivity contribution in [2.24, 2.45) is 7.05 Å². The number of piperidine rings is 1. The molecule has 0 atom stereocenters. The number of nitrogens with one attached hydrogen (secondary N) is 2. The van der Waals surface area contributed by atoms with Gasteiger partial charge < -0.3 is 24.8 Å². The second kappa shape index (κ2) is 11.1. The monoisotopic (exact) mass is 548 g/mol. The van der Waals surface area contributed by atoms with Crippen LogP contribution in [0, 0.1) is 0 Å². The molecule has 2 aromatic carbocycles. The van der Waals surface area contributed by atoms with Gasteiger partial charge in [-0.25, -0.2) is 4.98 Å². The molecule has 3 heterocycles. The fourth-order valence-electron chi connectivity index (χ4n) is 4.35. The summed E-state index contributed by atoms with van der Waals surface area (Å²) in [6.45, 7) is 3.70. The number of amides is 1. The van der Waals surface area contributed by atoms with E-state index in [1.165, 1.54) is 19.3 Å². The Hall–Kier alpha value is -3.43. The zero-order valence-corrected chi connectivity index (χ0v) is 21.8. The standard InChI is InChI=1S/C27H29BrN6O2/c1-33-25-10-9-21(17-23(25)32-27(33)31-20-7-5-19(28)6-8-20)36-22-11-12-29-24(18-22)26(35)30-13-16-34-14-3-2-4-15-34/h5-12,17-18H,2-4,13-16H2,1H3,(H,30,35)(H,31,32). The Morgan fingerprint density at radius 3 is 2.61 bits per heavy atom. The average molecular weight is 549 g/mol. The fourth-order valence-corrected chi connectivity index (χ4v) is 4.62. The third-order valence-electron chi connectivity index (χ3n) is 6.31. The van der Waals surface area contributed by atoms with Crippen LogP contribution in [-0.4, -0.2) is 51.5 Å². The van der Waals surface area contributed by atoms with Crippen LogP contribution in [0.5, 0.6) is 11.5 Å². The molecule has 0 bridgehead atoms. The Balaban J connectivity index is 1.24. The molecule has 0 radical (unpaired) electrons. The number of aryl methyl sites for hydroxylation is 1. The maximum Gasteiger partial charge on any atom is 0.270 e. The van der Waals surface area contributed by atoms with Crippen LogP contribution < -0.4 is 15.4 Å². The molecule has 0 spiro atoms. The molecule has 8 nitrogen and oxygen atoms in total. The molecule has 2 aromatic heterocycles. The zero-order chi connectivity index (χ0) is 24.9. The number of fused-ring (bicyclic) bond motifs is 1. The first-order valence-electron chi connectivity index (χ1n) is 12.2. The number of hydrogen-bond donors (Lipinski definition) is 2. The molecule has 1 fully saturated rings. The highest BCUT2D eigenvalue weighted by atomic mass is 79.9. The Labute approximate surface area is 218 Å². The number of aromatic nitrogens is 3. The van der Waals surface area contributed by atoms with Gasteiger partial charge in [0.25, 0.3) is 5.91 Å². The van der Waals surface area contributed by atoms with E-state index in [2.05, 4.69) is 36.4 Å². The van der Waals surface area contributed by atoms with Gasteiger partial charge in [0.15, 0.2) is 0 Å². The van der Waals surface area contributed by atoms with Crippen LogP contribution in [0.2, 0.25) is 0 Å². The number of benzene rings is 2. The number of carbonyl (C=O) groups is 1. The second-order valence-electron chi connectivity index (χ2n) is 8.91. The lowest BCUT2D eigenvalue weighted by Gasteiger charge is -2.26. The van der Waals surface area contributed by atoms with Crippen molar-refractivity contribution in [3.8, 4) is 11.5 Å². The Bertz CT molecular complexity index is 1350. The number of carbonyl (C=O) groups excluding carboxylic acids is 1. The highest BCUT2D eigenvalue weighted by Crippen LogP contribution is 2.28. The van der Waals surface area contributed by atoms with Gasteiger partial charge in [0, 0.05) is 48.6 Å². The highest BCUT2D eigenvalue weighted by molar-refractivity contribution is 9.10. The summed E-state index contributed by atoms with van der Waals surface area (Å²) in [5.41, 5.74) is 3.07. The number of rotatable bonds is 8. The lowest BCUT2D eigenvalue weighted by molar-refractivity contribution is 0.0941. The Kier molecular flexibility index (Phi) is 7.48. The van der Waals surface area contributed by atoms with Gasteiger partial charge >= 0.3 is 0 Å². The van der Waals surface area contributed by atoms with Crippen molar-refractivity contribution in [1.82, 2.24) is 24.8 Å². The highest BCUT2D eigenvalue weighted by Gasteiger charge is 2.13. The van der Waals surface area contributed by atoms with Gasteiger partial charge in [-0.05, 0) is 68.4 Å². The maximum atomic E-state index is 12.6. The molecule has 1 saturated heterocycles.